The molecule has 0 heterocycles. The lowest BCUT2D eigenvalue weighted by molar-refractivity contribution is -0.134. The lowest BCUT2D eigenvalue weighted by atomic mass is 10.3. The van der Waals surface area contributed by atoms with Crippen molar-refractivity contribution in [2.45, 2.75) is 0 Å². The van der Waals surface area contributed by atoms with Crippen LogP contribution in [-0.2, 0) is 14.4 Å². The second-order valence-electron chi connectivity index (χ2n) is 6.48. The lowest BCUT2D eigenvalue weighted by Crippen LogP contribution is -2.42. The van der Waals surface area contributed by atoms with Gasteiger partial charge in [-0.15, -0.1) is 0 Å². The van der Waals surface area contributed by atoms with Crippen LogP contribution in [0.1, 0.15) is 0 Å². The van der Waals surface area contributed by atoms with Gasteiger partial charge in [-0.3, -0.25) is 19.3 Å². The maximum Gasteiger partial charge on any atom is 0.244 e. The summed E-state index contributed by atoms with van der Waals surface area (Å²) in [5.74, 6) is -0.965. The second-order valence-corrected chi connectivity index (χ2v) is 7.29. The van der Waals surface area contributed by atoms with Crippen molar-refractivity contribution in [3.63, 3.8) is 0 Å². The molecule has 2 aromatic carbocycles. The monoisotopic (exact) mass is 436 g/mol. The van der Waals surface area contributed by atoms with Gasteiger partial charge in [0.1, 0.15) is 0 Å². The zero-order valence-corrected chi connectivity index (χ0v) is 17.6. The van der Waals surface area contributed by atoms with Gasteiger partial charge in [-0.1, -0.05) is 47.5 Å². The molecule has 0 bridgehead atoms. The number of halogens is 2. The van der Waals surface area contributed by atoms with Gasteiger partial charge in [-0.05, 0) is 31.3 Å². The SMILES string of the molecule is CN(CC(=O)Nc1ccccc1Cl)CC(=O)N(C)CC(=O)Nc1ccccc1Cl. The van der Waals surface area contributed by atoms with Crippen LogP contribution in [0.4, 0.5) is 11.4 Å². The Kier molecular flexibility index (Phi) is 8.45. The Morgan fingerprint density at radius 2 is 1.21 bits per heavy atom. The molecule has 0 fully saturated rings. The molecule has 29 heavy (non-hydrogen) atoms. The number of benzene rings is 2. The Labute approximate surface area is 179 Å². The molecule has 2 N–H and O–H groups in total. The summed E-state index contributed by atoms with van der Waals surface area (Å²) in [6, 6.07) is 13.7. The number of likely N-dealkylation sites (N-methyl/N-ethyl adjacent to an activating group) is 2. The summed E-state index contributed by atoms with van der Waals surface area (Å²) >= 11 is 12.0. The number of anilines is 2. The third kappa shape index (κ3) is 7.38. The third-order valence-electron chi connectivity index (χ3n) is 3.92. The molecule has 0 aromatic heterocycles. The number of hydrogen-bond acceptors (Lipinski definition) is 4. The first-order valence-corrected chi connectivity index (χ1v) is 9.53. The molecule has 2 rings (SSSR count). The number of carbonyl (C=O) groups is 3. The lowest BCUT2D eigenvalue weighted by Gasteiger charge is -2.21. The van der Waals surface area contributed by atoms with Crippen LogP contribution in [0.15, 0.2) is 48.5 Å². The molecule has 154 valence electrons. The summed E-state index contributed by atoms with van der Waals surface area (Å²) in [5.41, 5.74) is 0.987. The number of nitrogens with zero attached hydrogens (tertiary/aromatic N) is 2. The van der Waals surface area contributed by atoms with Gasteiger partial charge in [0.15, 0.2) is 0 Å². The van der Waals surface area contributed by atoms with E-state index in [0.29, 0.717) is 21.4 Å². The number of para-hydroxylation sites is 2. The van der Waals surface area contributed by atoms with E-state index >= 15 is 0 Å². The van der Waals surface area contributed by atoms with Crippen LogP contribution in [0.3, 0.4) is 0 Å². The van der Waals surface area contributed by atoms with Crippen LogP contribution in [0.2, 0.25) is 10.0 Å². The van der Waals surface area contributed by atoms with E-state index in [1.807, 2.05) is 0 Å². The number of amides is 3. The molecule has 0 aliphatic carbocycles. The second kappa shape index (κ2) is 10.8. The maximum atomic E-state index is 12.3. The van der Waals surface area contributed by atoms with Gasteiger partial charge in [0.2, 0.25) is 17.7 Å². The molecule has 0 saturated carbocycles. The molecule has 3 amide bonds. The Bertz CT molecular complexity index is 892. The molecular weight excluding hydrogens is 415 g/mol. The molecule has 0 aliphatic rings. The molecule has 0 radical (unpaired) electrons. The number of carbonyl (C=O) groups excluding carboxylic acids is 3. The third-order valence-corrected chi connectivity index (χ3v) is 4.58. The molecule has 0 saturated heterocycles. The van der Waals surface area contributed by atoms with Crippen LogP contribution in [0.25, 0.3) is 0 Å². The first-order chi connectivity index (χ1) is 13.8. The summed E-state index contributed by atoms with van der Waals surface area (Å²) in [6.07, 6.45) is 0. The number of hydrogen-bond donors (Lipinski definition) is 2. The minimum Gasteiger partial charge on any atom is -0.335 e. The molecule has 0 atom stereocenters. The van der Waals surface area contributed by atoms with Crippen LogP contribution in [0.5, 0.6) is 0 Å². The highest BCUT2D eigenvalue weighted by Gasteiger charge is 2.17. The largest absolute Gasteiger partial charge is 0.335 e. The molecule has 0 aliphatic heterocycles. The van der Waals surface area contributed by atoms with Crippen molar-refractivity contribution in [1.82, 2.24) is 9.80 Å². The predicted molar refractivity (Wildman–Crippen MR) is 115 cm³/mol. The molecular formula is C20H22Cl2N4O3. The first-order valence-electron chi connectivity index (χ1n) is 8.77. The molecule has 2 aromatic rings. The van der Waals surface area contributed by atoms with E-state index in [4.69, 9.17) is 23.2 Å². The Morgan fingerprint density at radius 1 is 0.759 bits per heavy atom. The van der Waals surface area contributed by atoms with Gasteiger partial charge in [0.05, 0.1) is 41.1 Å². The van der Waals surface area contributed by atoms with Crippen LogP contribution in [0, 0.1) is 0 Å². The molecule has 0 spiro atoms. The Hall–Kier alpha value is -2.61. The maximum absolute atomic E-state index is 12.3. The van der Waals surface area contributed by atoms with Gasteiger partial charge in [-0.25, -0.2) is 0 Å². The zero-order valence-electron chi connectivity index (χ0n) is 16.1. The quantitative estimate of drug-likeness (QED) is 0.666. The molecule has 7 nitrogen and oxygen atoms in total. The highest BCUT2D eigenvalue weighted by atomic mass is 35.5. The minimum absolute atomic E-state index is 0.00335. The van der Waals surface area contributed by atoms with E-state index in [9.17, 15) is 14.4 Å². The van der Waals surface area contributed by atoms with Crippen molar-refractivity contribution in [3.05, 3.63) is 58.6 Å². The van der Waals surface area contributed by atoms with Gasteiger partial charge in [0, 0.05) is 7.05 Å². The van der Waals surface area contributed by atoms with E-state index in [-0.39, 0.29) is 37.4 Å². The van der Waals surface area contributed by atoms with E-state index in [1.54, 1.807) is 60.5 Å². The number of rotatable bonds is 8. The van der Waals surface area contributed by atoms with Crippen molar-refractivity contribution < 1.29 is 14.4 Å². The van der Waals surface area contributed by atoms with Crippen LogP contribution < -0.4 is 10.6 Å². The van der Waals surface area contributed by atoms with Gasteiger partial charge in [0.25, 0.3) is 0 Å². The predicted octanol–water partition coefficient (Wildman–Crippen LogP) is 2.96. The minimum atomic E-state index is -0.368. The fourth-order valence-electron chi connectivity index (χ4n) is 2.46. The Morgan fingerprint density at radius 3 is 1.69 bits per heavy atom. The van der Waals surface area contributed by atoms with Gasteiger partial charge in [-0.2, -0.15) is 0 Å². The van der Waals surface area contributed by atoms with Crippen molar-refractivity contribution in [3.8, 4) is 0 Å². The summed E-state index contributed by atoms with van der Waals surface area (Å²) in [6.45, 7) is -0.161. The smallest absolute Gasteiger partial charge is 0.244 e. The fraction of sp³-hybridized carbons (Fsp3) is 0.250. The van der Waals surface area contributed by atoms with Gasteiger partial charge >= 0.3 is 0 Å². The molecule has 9 heteroatoms. The van der Waals surface area contributed by atoms with Crippen LogP contribution >= 0.6 is 23.2 Å². The van der Waals surface area contributed by atoms with Crippen molar-refractivity contribution in [2.75, 3.05) is 44.4 Å². The normalized spacial score (nSPS) is 10.5. The van der Waals surface area contributed by atoms with Crippen molar-refractivity contribution in [2.24, 2.45) is 0 Å². The summed E-state index contributed by atoms with van der Waals surface area (Å²) in [7, 11) is 3.16. The number of nitrogens with one attached hydrogen (secondary N) is 2. The Balaban J connectivity index is 1.79. The average Bonchev–Trinajstić information content (AvgIpc) is 2.65. The fourth-order valence-corrected chi connectivity index (χ4v) is 2.83. The van der Waals surface area contributed by atoms with Crippen LogP contribution in [-0.4, -0.2) is 61.3 Å². The van der Waals surface area contributed by atoms with E-state index in [0.717, 1.165) is 0 Å². The van der Waals surface area contributed by atoms with Crippen molar-refractivity contribution >= 4 is 52.3 Å². The molecule has 0 unspecified atom stereocenters. The highest BCUT2D eigenvalue weighted by molar-refractivity contribution is 6.34. The summed E-state index contributed by atoms with van der Waals surface area (Å²) < 4.78 is 0. The zero-order chi connectivity index (χ0) is 21.4. The standard InChI is InChI=1S/C20H22Cl2N4O3/c1-25(11-18(27)23-16-9-5-3-7-14(16)21)13-20(29)26(2)12-19(28)24-17-10-6-4-8-15(17)22/h3-10H,11-13H2,1-2H3,(H,23,27)(H,24,28). The topological polar surface area (TPSA) is 81.8 Å². The van der Waals surface area contributed by atoms with Gasteiger partial charge < -0.3 is 15.5 Å². The average molecular weight is 437 g/mol. The van der Waals surface area contributed by atoms with E-state index in [1.165, 1.54) is 11.9 Å². The van der Waals surface area contributed by atoms with E-state index in [2.05, 4.69) is 10.6 Å². The summed E-state index contributed by atoms with van der Waals surface area (Å²) in [5, 5.41) is 6.20. The van der Waals surface area contributed by atoms with Crippen molar-refractivity contribution in [1.29, 1.82) is 0 Å². The first kappa shape index (κ1) is 22.7. The van der Waals surface area contributed by atoms with E-state index < -0.39 is 0 Å². The highest BCUT2D eigenvalue weighted by Crippen LogP contribution is 2.21. The summed E-state index contributed by atoms with van der Waals surface area (Å²) in [4.78, 5) is 39.4.